The molecule has 2 N–H and O–H groups in total. The Hall–Kier alpha value is -3.07. The highest BCUT2D eigenvalue weighted by atomic mass is 32.2. The van der Waals surface area contributed by atoms with E-state index in [0.29, 0.717) is 41.3 Å². The summed E-state index contributed by atoms with van der Waals surface area (Å²) in [5, 5.41) is 2.73. The first-order valence-electron chi connectivity index (χ1n) is 11.4. The van der Waals surface area contributed by atoms with E-state index in [9.17, 15) is 18.0 Å². The zero-order valence-electron chi connectivity index (χ0n) is 20.6. The fourth-order valence-electron chi connectivity index (χ4n) is 3.74. The molecule has 9 heteroatoms. The van der Waals surface area contributed by atoms with E-state index < -0.39 is 15.4 Å². The van der Waals surface area contributed by atoms with E-state index in [1.165, 1.54) is 6.07 Å². The van der Waals surface area contributed by atoms with E-state index in [1.54, 1.807) is 49.1 Å². The molecule has 2 aromatic carbocycles. The minimum Gasteiger partial charge on any atom is -0.490 e. The van der Waals surface area contributed by atoms with Gasteiger partial charge in [-0.2, -0.15) is 0 Å². The summed E-state index contributed by atoms with van der Waals surface area (Å²) < 4.78 is 34.9. The molecular weight excluding hydrogens is 454 g/mol. The summed E-state index contributed by atoms with van der Waals surface area (Å²) in [5.41, 5.74) is 1.19. The number of amides is 2. The first-order chi connectivity index (χ1) is 15.8. The van der Waals surface area contributed by atoms with Gasteiger partial charge in [0, 0.05) is 18.7 Å². The highest BCUT2D eigenvalue weighted by Crippen LogP contribution is 2.39. The lowest BCUT2D eigenvalue weighted by molar-refractivity contribution is -0.127. The number of hydrogen-bond donors (Lipinski definition) is 2. The van der Waals surface area contributed by atoms with Crippen LogP contribution >= 0.6 is 0 Å². The van der Waals surface area contributed by atoms with Crippen molar-refractivity contribution in [3.05, 3.63) is 42.0 Å². The van der Waals surface area contributed by atoms with Crippen molar-refractivity contribution in [2.75, 3.05) is 28.1 Å². The Morgan fingerprint density at radius 3 is 2.44 bits per heavy atom. The maximum atomic E-state index is 13.2. The Kier molecular flexibility index (Phi) is 7.26. The van der Waals surface area contributed by atoms with Crippen LogP contribution in [0.1, 0.15) is 46.6 Å². The Morgan fingerprint density at radius 1 is 1.15 bits per heavy atom. The number of nitrogens with zero attached hydrogens (tertiary/aromatic N) is 1. The Morgan fingerprint density at radius 2 is 1.82 bits per heavy atom. The van der Waals surface area contributed by atoms with Crippen molar-refractivity contribution in [1.29, 1.82) is 0 Å². The predicted octanol–water partition coefficient (Wildman–Crippen LogP) is 4.55. The Balaban J connectivity index is 1.94. The number of anilines is 3. The molecule has 0 bridgehead atoms. The second-order valence-electron chi connectivity index (χ2n) is 9.65. The minimum absolute atomic E-state index is 0.0690. The smallest absolute Gasteiger partial charge is 0.262 e. The zero-order valence-corrected chi connectivity index (χ0v) is 21.4. The van der Waals surface area contributed by atoms with Crippen LogP contribution in [0.3, 0.4) is 0 Å². The van der Waals surface area contributed by atoms with Gasteiger partial charge in [-0.3, -0.25) is 14.3 Å². The van der Waals surface area contributed by atoms with Crippen molar-refractivity contribution in [3.8, 4) is 5.75 Å². The van der Waals surface area contributed by atoms with Gasteiger partial charge in [-0.15, -0.1) is 0 Å². The SMILES string of the molecule is CCC(=O)Nc1ccc(S(=O)(=O)Nc2ccc3c(c2)N(CC(C)C)C(=O)C(C)(C)CO3)c(C)c1. The summed E-state index contributed by atoms with van der Waals surface area (Å²) in [6, 6.07) is 9.60. The number of fused-ring (bicyclic) bond motifs is 1. The van der Waals surface area contributed by atoms with Crippen LogP contribution in [-0.2, 0) is 19.6 Å². The highest BCUT2D eigenvalue weighted by Gasteiger charge is 2.38. The van der Waals surface area contributed by atoms with Crippen LogP contribution in [0, 0.1) is 18.3 Å². The Labute approximate surface area is 201 Å². The molecule has 1 heterocycles. The average Bonchev–Trinajstić information content (AvgIpc) is 2.83. The number of rotatable bonds is 7. The number of aryl methyl sites for hydroxylation is 1. The monoisotopic (exact) mass is 487 g/mol. The lowest BCUT2D eigenvalue weighted by Gasteiger charge is -2.29. The topological polar surface area (TPSA) is 105 Å². The van der Waals surface area contributed by atoms with Gasteiger partial charge < -0.3 is 15.0 Å². The van der Waals surface area contributed by atoms with E-state index in [2.05, 4.69) is 10.0 Å². The predicted molar refractivity (Wildman–Crippen MR) is 134 cm³/mol. The van der Waals surface area contributed by atoms with Gasteiger partial charge in [0.05, 0.1) is 21.7 Å². The molecule has 0 spiro atoms. The van der Waals surface area contributed by atoms with E-state index in [0.717, 1.165) is 0 Å². The van der Waals surface area contributed by atoms with Gasteiger partial charge in [0.1, 0.15) is 12.4 Å². The van der Waals surface area contributed by atoms with Crippen LogP contribution in [0.25, 0.3) is 0 Å². The fraction of sp³-hybridized carbons (Fsp3) is 0.440. The van der Waals surface area contributed by atoms with Crippen molar-refractivity contribution in [3.63, 3.8) is 0 Å². The first kappa shape index (κ1) is 25.6. The summed E-state index contributed by atoms with van der Waals surface area (Å²) in [6.07, 6.45) is 0.330. The molecule has 2 aromatic rings. The third kappa shape index (κ3) is 5.52. The normalized spacial score (nSPS) is 15.4. The molecule has 34 heavy (non-hydrogen) atoms. The van der Waals surface area contributed by atoms with Gasteiger partial charge in [0.2, 0.25) is 11.8 Å². The summed E-state index contributed by atoms with van der Waals surface area (Å²) in [7, 11) is -3.91. The van der Waals surface area contributed by atoms with Crippen molar-refractivity contribution >= 4 is 38.9 Å². The maximum Gasteiger partial charge on any atom is 0.262 e. The molecule has 0 saturated heterocycles. The maximum absolute atomic E-state index is 13.2. The Bertz CT molecular complexity index is 1210. The van der Waals surface area contributed by atoms with Crippen molar-refractivity contribution in [2.24, 2.45) is 11.3 Å². The van der Waals surface area contributed by atoms with Crippen LogP contribution in [0.15, 0.2) is 41.3 Å². The fourth-order valence-corrected chi connectivity index (χ4v) is 5.02. The third-order valence-electron chi connectivity index (χ3n) is 5.53. The molecule has 0 aromatic heterocycles. The third-order valence-corrected chi connectivity index (χ3v) is 7.07. The molecule has 0 fully saturated rings. The lowest BCUT2D eigenvalue weighted by atomic mass is 9.92. The summed E-state index contributed by atoms with van der Waals surface area (Å²) in [6.45, 7) is 11.9. The number of carbonyl (C=O) groups is 2. The number of sulfonamides is 1. The molecule has 8 nitrogen and oxygen atoms in total. The summed E-state index contributed by atoms with van der Waals surface area (Å²) in [4.78, 5) is 26.7. The van der Waals surface area contributed by atoms with E-state index in [1.807, 2.05) is 27.7 Å². The molecule has 1 aliphatic rings. The molecule has 0 unspecified atom stereocenters. The molecule has 0 saturated carbocycles. The average molecular weight is 488 g/mol. The number of ether oxygens (including phenoxy) is 1. The van der Waals surface area contributed by atoms with Crippen LogP contribution in [-0.4, -0.2) is 33.4 Å². The summed E-state index contributed by atoms with van der Waals surface area (Å²) >= 11 is 0. The second kappa shape index (κ2) is 9.66. The van der Waals surface area contributed by atoms with Crippen molar-refractivity contribution in [1.82, 2.24) is 0 Å². The van der Waals surface area contributed by atoms with Gasteiger partial charge in [0.25, 0.3) is 10.0 Å². The summed E-state index contributed by atoms with van der Waals surface area (Å²) in [5.74, 6) is 0.527. The lowest BCUT2D eigenvalue weighted by Crippen LogP contribution is -2.43. The molecule has 3 rings (SSSR count). The molecular formula is C25H33N3O5S. The van der Waals surface area contributed by atoms with Crippen molar-refractivity contribution < 1.29 is 22.7 Å². The van der Waals surface area contributed by atoms with E-state index >= 15 is 0 Å². The van der Waals surface area contributed by atoms with Gasteiger partial charge >= 0.3 is 0 Å². The molecule has 1 aliphatic heterocycles. The largest absolute Gasteiger partial charge is 0.490 e. The van der Waals surface area contributed by atoms with E-state index in [-0.39, 0.29) is 29.2 Å². The standard InChI is InChI=1S/C25H33N3O5S/c1-7-23(29)26-18-9-11-22(17(4)12-18)34(31,32)27-19-8-10-21-20(13-19)28(14-16(2)3)24(30)25(5,6)15-33-21/h8-13,16,27H,7,14-15H2,1-6H3,(H,26,29). The quantitative estimate of drug-likeness (QED) is 0.596. The number of nitrogens with one attached hydrogen (secondary N) is 2. The van der Waals surface area contributed by atoms with Gasteiger partial charge in [-0.25, -0.2) is 8.42 Å². The number of carbonyl (C=O) groups excluding carboxylic acids is 2. The molecule has 0 atom stereocenters. The van der Waals surface area contributed by atoms with E-state index in [4.69, 9.17) is 4.74 Å². The van der Waals surface area contributed by atoms with Crippen LogP contribution < -0.4 is 19.7 Å². The van der Waals surface area contributed by atoms with Crippen molar-refractivity contribution in [2.45, 2.75) is 52.9 Å². The van der Waals surface area contributed by atoms with Crippen LogP contribution in [0.2, 0.25) is 0 Å². The molecule has 0 aliphatic carbocycles. The zero-order chi connectivity index (χ0) is 25.3. The highest BCUT2D eigenvalue weighted by molar-refractivity contribution is 7.92. The van der Waals surface area contributed by atoms with Crippen LogP contribution in [0.5, 0.6) is 5.75 Å². The van der Waals surface area contributed by atoms with Gasteiger partial charge in [0.15, 0.2) is 0 Å². The number of benzene rings is 2. The van der Waals surface area contributed by atoms with Gasteiger partial charge in [-0.05, 0) is 68.7 Å². The second-order valence-corrected chi connectivity index (χ2v) is 11.3. The van der Waals surface area contributed by atoms with Gasteiger partial charge in [-0.1, -0.05) is 20.8 Å². The molecule has 184 valence electrons. The first-order valence-corrected chi connectivity index (χ1v) is 12.8. The van der Waals surface area contributed by atoms with Crippen LogP contribution in [0.4, 0.5) is 17.1 Å². The number of hydrogen-bond acceptors (Lipinski definition) is 5. The minimum atomic E-state index is -3.91. The molecule has 0 radical (unpaired) electrons. The molecule has 2 amide bonds.